The van der Waals surface area contributed by atoms with Crippen molar-refractivity contribution in [2.45, 2.75) is 6.04 Å². The van der Waals surface area contributed by atoms with E-state index in [4.69, 9.17) is 20.3 Å². The lowest BCUT2D eigenvalue weighted by molar-refractivity contribution is 0.164. The van der Waals surface area contributed by atoms with Gasteiger partial charge in [-0.05, 0) is 12.1 Å². The minimum atomic E-state index is -0.610. The van der Waals surface area contributed by atoms with E-state index in [1.165, 1.54) is 0 Å². The molecule has 0 fully saturated rings. The van der Waals surface area contributed by atoms with Gasteiger partial charge in [0.15, 0.2) is 11.5 Å². The van der Waals surface area contributed by atoms with Crippen molar-refractivity contribution in [1.82, 2.24) is 0 Å². The summed E-state index contributed by atoms with van der Waals surface area (Å²) in [5.74, 6) is 0.768. The van der Waals surface area contributed by atoms with Gasteiger partial charge in [-0.2, -0.15) is 0 Å². The second kappa shape index (κ2) is 3.96. The molecule has 5 nitrogen and oxygen atoms in total. The normalized spacial score (nSPS) is 16.1. The summed E-state index contributed by atoms with van der Waals surface area (Å²) in [7, 11) is 0. The molecule has 2 rings (SSSR count). The van der Waals surface area contributed by atoms with E-state index in [1.807, 2.05) is 0 Å². The standard InChI is InChI=1S/C10H13NO4/c11-7(5-12)6-1-2-8-10(9(6)13)15-4-3-14-8/h1-2,7,12-13H,3-5,11H2. The molecule has 0 spiro atoms. The van der Waals surface area contributed by atoms with Gasteiger partial charge in [0, 0.05) is 5.56 Å². The Bertz CT molecular complexity index is 367. The monoisotopic (exact) mass is 211 g/mol. The van der Waals surface area contributed by atoms with Crippen molar-refractivity contribution < 1.29 is 19.7 Å². The van der Waals surface area contributed by atoms with Crippen molar-refractivity contribution in [3.63, 3.8) is 0 Å². The number of phenolic OH excluding ortho intramolecular Hbond substituents is 1. The fourth-order valence-corrected chi connectivity index (χ4v) is 1.51. The Balaban J connectivity index is 2.43. The molecule has 4 N–H and O–H groups in total. The smallest absolute Gasteiger partial charge is 0.203 e. The van der Waals surface area contributed by atoms with Crippen LogP contribution in [0.15, 0.2) is 12.1 Å². The van der Waals surface area contributed by atoms with E-state index in [2.05, 4.69) is 0 Å². The first-order chi connectivity index (χ1) is 7.24. The van der Waals surface area contributed by atoms with E-state index < -0.39 is 6.04 Å². The first-order valence-electron chi connectivity index (χ1n) is 4.72. The lowest BCUT2D eigenvalue weighted by atomic mass is 10.1. The highest BCUT2D eigenvalue weighted by molar-refractivity contribution is 5.56. The Kier molecular flexibility index (Phi) is 2.66. The SMILES string of the molecule is NC(CO)c1ccc2c(c1O)OCCO2. The highest BCUT2D eigenvalue weighted by Crippen LogP contribution is 2.42. The van der Waals surface area contributed by atoms with Gasteiger partial charge in [0.1, 0.15) is 13.2 Å². The van der Waals surface area contributed by atoms with Gasteiger partial charge in [-0.15, -0.1) is 0 Å². The molecule has 1 heterocycles. The van der Waals surface area contributed by atoms with E-state index in [9.17, 15) is 5.11 Å². The van der Waals surface area contributed by atoms with E-state index in [-0.39, 0.29) is 12.4 Å². The van der Waals surface area contributed by atoms with Gasteiger partial charge in [-0.25, -0.2) is 0 Å². The Hall–Kier alpha value is -1.46. The average Bonchev–Trinajstić information content (AvgIpc) is 2.29. The largest absolute Gasteiger partial charge is 0.504 e. The number of ether oxygens (including phenoxy) is 2. The number of aromatic hydroxyl groups is 1. The van der Waals surface area contributed by atoms with Crippen LogP contribution < -0.4 is 15.2 Å². The average molecular weight is 211 g/mol. The van der Waals surface area contributed by atoms with Gasteiger partial charge in [-0.3, -0.25) is 0 Å². The first kappa shape index (κ1) is 10.1. The number of benzene rings is 1. The summed E-state index contributed by atoms with van der Waals surface area (Å²) in [4.78, 5) is 0. The van der Waals surface area contributed by atoms with Crippen LogP contribution >= 0.6 is 0 Å². The zero-order valence-corrected chi connectivity index (χ0v) is 8.14. The van der Waals surface area contributed by atoms with Crippen molar-refractivity contribution in [2.24, 2.45) is 5.73 Å². The summed E-state index contributed by atoms with van der Waals surface area (Å²) in [6, 6.07) is 2.70. The Morgan fingerprint density at radius 2 is 2.07 bits per heavy atom. The van der Waals surface area contributed by atoms with Gasteiger partial charge in [0.2, 0.25) is 5.75 Å². The molecular formula is C10H13NO4. The molecule has 0 radical (unpaired) electrons. The fraction of sp³-hybridized carbons (Fsp3) is 0.400. The summed E-state index contributed by atoms with van der Waals surface area (Å²) >= 11 is 0. The number of hydrogen-bond donors (Lipinski definition) is 3. The van der Waals surface area contributed by atoms with Crippen molar-refractivity contribution in [1.29, 1.82) is 0 Å². The fourth-order valence-electron chi connectivity index (χ4n) is 1.51. The van der Waals surface area contributed by atoms with Crippen molar-refractivity contribution >= 4 is 0 Å². The molecule has 5 heteroatoms. The maximum atomic E-state index is 9.84. The number of rotatable bonds is 2. The third-order valence-electron chi connectivity index (χ3n) is 2.31. The van der Waals surface area contributed by atoms with Gasteiger partial charge < -0.3 is 25.4 Å². The molecule has 1 aliphatic heterocycles. The molecule has 0 aliphatic carbocycles. The van der Waals surface area contributed by atoms with Crippen molar-refractivity contribution in [3.8, 4) is 17.2 Å². The minimum Gasteiger partial charge on any atom is -0.504 e. The van der Waals surface area contributed by atoms with Crippen LogP contribution in [0.5, 0.6) is 17.2 Å². The highest BCUT2D eigenvalue weighted by atomic mass is 16.6. The maximum Gasteiger partial charge on any atom is 0.203 e. The summed E-state index contributed by atoms with van der Waals surface area (Å²) in [6.45, 7) is 0.642. The van der Waals surface area contributed by atoms with Crippen LogP contribution in [0.4, 0.5) is 0 Å². The molecular weight excluding hydrogens is 198 g/mol. The summed E-state index contributed by atoms with van der Waals surface area (Å²) in [5, 5.41) is 18.7. The Morgan fingerprint density at radius 1 is 1.33 bits per heavy atom. The number of aliphatic hydroxyl groups is 1. The second-order valence-electron chi connectivity index (χ2n) is 3.32. The quantitative estimate of drug-likeness (QED) is 0.648. The molecule has 82 valence electrons. The van der Waals surface area contributed by atoms with Gasteiger partial charge in [0.25, 0.3) is 0 Å². The van der Waals surface area contributed by atoms with Crippen molar-refractivity contribution in [2.75, 3.05) is 19.8 Å². The first-order valence-corrected chi connectivity index (χ1v) is 4.72. The Labute approximate surface area is 87.0 Å². The van der Waals surface area contributed by atoms with Crippen LogP contribution in [0, 0.1) is 0 Å². The van der Waals surface area contributed by atoms with E-state index >= 15 is 0 Å². The van der Waals surface area contributed by atoms with Crippen LogP contribution in [-0.4, -0.2) is 30.0 Å². The third-order valence-corrected chi connectivity index (χ3v) is 2.31. The third kappa shape index (κ3) is 1.71. The molecule has 0 amide bonds. The molecule has 1 aliphatic rings. The molecule has 0 aromatic heterocycles. The number of fused-ring (bicyclic) bond motifs is 1. The summed E-state index contributed by atoms with van der Waals surface area (Å²) < 4.78 is 10.6. The number of nitrogens with two attached hydrogens (primary N) is 1. The summed E-state index contributed by atoms with van der Waals surface area (Å²) in [6.07, 6.45) is 0. The van der Waals surface area contributed by atoms with Gasteiger partial charge >= 0.3 is 0 Å². The molecule has 0 saturated carbocycles. The van der Waals surface area contributed by atoms with Gasteiger partial charge in [-0.1, -0.05) is 0 Å². The van der Waals surface area contributed by atoms with Crippen LogP contribution in [0.25, 0.3) is 0 Å². The number of hydrogen-bond acceptors (Lipinski definition) is 5. The topological polar surface area (TPSA) is 84.9 Å². The highest BCUT2D eigenvalue weighted by Gasteiger charge is 2.21. The lowest BCUT2D eigenvalue weighted by Gasteiger charge is -2.21. The molecule has 1 unspecified atom stereocenters. The Morgan fingerprint density at radius 3 is 2.80 bits per heavy atom. The molecule has 1 aromatic rings. The van der Waals surface area contributed by atoms with Crippen LogP contribution in [0.1, 0.15) is 11.6 Å². The molecule has 1 atom stereocenters. The maximum absolute atomic E-state index is 9.84. The molecule has 1 aromatic carbocycles. The lowest BCUT2D eigenvalue weighted by Crippen LogP contribution is -2.18. The van der Waals surface area contributed by atoms with E-state index in [0.29, 0.717) is 30.3 Å². The second-order valence-corrected chi connectivity index (χ2v) is 3.32. The summed E-state index contributed by atoms with van der Waals surface area (Å²) in [5.41, 5.74) is 6.08. The number of aliphatic hydroxyl groups excluding tert-OH is 1. The predicted octanol–water partition coefficient (Wildman–Crippen LogP) is 0.155. The van der Waals surface area contributed by atoms with Crippen LogP contribution in [0.2, 0.25) is 0 Å². The van der Waals surface area contributed by atoms with Crippen molar-refractivity contribution in [3.05, 3.63) is 17.7 Å². The van der Waals surface area contributed by atoms with Crippen LogP contribution in [0.3, 0.4) is 0 Å². The van der Waals surface area contributed by atoms with Gasteiger partial charge in [0.05, 0.1) is 12.6 Å². The minimum absolute atomic E-state index is 0.0475. The van der Waals surface area contributed by atoms with Crippen LogP contribution in [-0.2, 0) is 0 Å². The van der Waals surface area contributed by atoms with E-state index in [1.54, 1.807) is 12.1 Å². The molecule has 0 saturated heterocycles. The zero-order chi connectivity index (χ0) is 10.8. The predicted molar refractivity (Wildman–Crippen MR) is 53.1 cm³/mol. The van der Waals surface area contributed by atoms with E-state index in [0.717, 1.165) is 0 Å². The molecule has 0 bridgehead atoms. The molecule has 15 heavy (non-hydrogen) atoms. The number of phenols is 1. The zero-order valence-electron chi connectivity index (χ0n) is 8.14.